The third kappa shape index (κ3) is 4.39. The van der Waals surface area contributed by atoms with Gasteiger partial charge in [0, 0.05) is 0 Å². The van der Waals surface area contributed by atoms with Crippen molar-refractivity contribution in [2.75, 3.05) is 0 Å². The number of ether oxygens (including phenoxy) is 2. The van der Waals surface area contributed by atoms with E-state index in [9.17, 15) is 0 Å². The Balaban J connectivity index is 1.76. The van der Waals surface area contributed by atoms with Crippen molar-refractivity contribution in [2.45, 2.75) is 42.2 Å². The molecule has 1 aliphatic heterocycles. The third-order valence-electron chi connectivity index (χ3n) is 7.00. The Hall–Kier alpha value is -2.34. The minimum atomic E-state index is -0.758. The van der Waals surface area contributed by atoms with Gasteiger partial charge in [-0.25, -0.2) is 0 Å². The van der Waals surface area contributed by atoms with Gasteiger partial charge in [0.1, 0.15) is 12.2 Å². The number of hydrogen-bond acceptors (Lipinski definition) is 2. The maximum Gasteiger partial charge on any atom is 0.163 e. The average molecular weight is 499 g/mol. The summed E-state index contributed by atoms with van der Waals surface area (Å²) in [5.74, 6) is -0.758. The monoisotopic (exact) mass is 498 g/mol. The van der Waals surface area contributed by atoms with Crippen molar-refractivity contribution in [3.05, 3.63) is 144 Å². The highest BCUT2D eigenvalue weighted by Crippen LogP contribution is 2.56. The van der Waals surface area contributed by atoms with E-state index in [0.29, 0.717) is 0 Å². The lowest BCUT2D eigenvalue weighted by atomic mass is 9.75. The number of hydrogen-bond donors (Lipinski definition) is 0. The van der Waals surface area contributed by atoms with Gasteiger partial charge in [-0.2, -0.15) is 0 Å². The smallest absolute Gasteiger partial charge is 0.163 e. The van der Waals surface area contributed by atoms with Gasteiger partial charge < -0.3 is 9.47 Å². The van der Waals surface area contributed by atoms with E-state index in [1.165, 1.54) is 22.3 Å². The quantitative estimate of drug-likeness (QED) is 0.263. The highest BCUT2D eigenvalue weighted by molar-refractivity contribution is 7.19. The summed E-state index contributed by atoms with van der Waals surface area (Å²) in [5.41, 5.74) is 4.67. The molecule has 1 fully saturated rings. The lowest BCUT2D eigenvalue weighted by Gasteiger charge is -2.44. The van der Waals surface area contributed by atoms with Gasteiger partial charge in [-0.15, -0.1) is 18.5 Å². The number of rotatable bonds is 6. The molecule has 0 N–H and O–H groups in total. The van der Waals surface area contributed by atoms with Gasteiger partial charge in [-0.1, -0.05) is 121 Å². The van der Waals surface area contributed by atoms with Crippen molar-refractivity contribution in [3.8, 4) is 0 Å². The van der Waals surface area contributed by atoms with Crippen molar-refractivity contribution in [3.63, 3.8) is 0 Å². The van der Waals surface area contributed by atoms with E-state index >= 15 is 0 Å². The van der Waals surface area contributed by atoms with Gasteiger partial charge in [0.15, 0.2) is 5.79 Å². The summed E-state index contributed by atoms with van der Waals surface area (Å²) in [5, 5.41) is -1.07. The summed E-state index contributed by atoms with van der Waals surface area (Å²) < 4.78 is 13.7. The Morgan fingerprint density at radius 2 is 0.714 bits per heavy atom. The molecule has 1 aliphatic rings. The zero-order valence-corrected chi connectivity index (χ0v) is 22.5. The Kier molecular flexibility index (Phi) is 6.69. The van der Waals surface area contributed by atoms with E-state index in [0.717, 1.165) is 0 Å². The molecule has 0 radical (unpaired) electrons. The normalized spacial score (nSPS) is 20.0. The van der Waals surface area contributed by atoms with Gasteiger partial charge in [0.25, 0.3) is 0 Å². The zero-order valence-electron chi connectivity index (χ0n) is 20.2. The Bertz CT molecular complexity index is 1070. The minimum absolute atomic E-state index is 0.301. The van der Waals surface area contributed by atoms with Crippen LogP contribution in [0, 0.1) is 0 Å². The molecule has 0 aliphatic carbocycles. The largest absolute Gasteiger partial charge is 0.343 e. The molecule has 35 heavy (non-hydrogen) atoms. The molecule has 2 unspecified atom stereocenters. The third-order valence-corrected chi connectivity index (χ3v) is 8.99. The fraction of sp³-hybridized carbons (Fsp3) is 0.226. The first kappa shape index (κ1) is 24.4. The molecule has 1 heterocycles. The van der Waals surface area contributed by atoms with Crippen LogP contribution in [0.25, 0.3) is 0 Å². The van der Waals surface area contributed by atoms with E-state index in [4.69, 9.17) is 9.47 Å². The van der Waals surface area contributed by atoms with E-state index in [1.807, 2.05) is 13.8 Å². The molecule has 0 bridgehead atoms. The van der Waals surface area contributed by atoms with E-state index in [2.05, 4.69) is 140 Å². The van der Waals surface area contributed by atoms with Crippen LogP contribution >= 0.6 is 18.5 Å². The van der Waals surface area contributed by atoms with Crippen LogP contribution in [0.3, 0.4) is 0 Å². The average Bonchev–Trinajstić information content (AvgIpc) is 3.26. The van der Waals surface area contributed by atoms with Crippen molar-refractivity contribution in [1.29, 1.82) is 0 Å². The number of benzene rings is 4. The standard InChI is InChI=1S/C31H32O2P2/c1-29(2)32-27(30(34,23-15-7-3-8-16-23)24-17-9-4-10-18-24)28(33-29)31(35,25-19-11-5-12-20-25)26-21-13-6-14-22-26/h3-22,27-28H,34-35H2,1-2H3/t27-,28-/m1/s1. The van der Waals surface area contributed by atoms with Crippen molar-refractivity contribution >= 4 is 18.5 Å². The van der Waals surface area contributed by atoms with Gasteiger partial charge in [0.2, 0.25) is 0 Å². The summed E-state index contributed by atoms with van der Waals surface area (Å²) in [4.78, 5) is 0. The van der Waals surface area contributed by atoms with Crippen LogP contribution in [0.1, 0.15) is 36.1 Å². The summed E-state index contributed by atoms with van der Waals surface area (Å²) in [7, 11) is 6.32. The first-order valence-electron chi connectivity index (χ1n) is 12.0. The molecular formula is C31H32O2P2. The second-order valence-corrected chi connectivity index (χ2v) is 11.5. The van der Waals surface area contributed by atoms with Crippen LogP contribution in [-0.2, 0) is 19.8 Å². The van der Waals surface area contributed by atoms with Gasteiger partial charge >= 0.3 is 0 Å². The van der Waals surface area contributed by atoms with Crippen LogP contribution in [0.4, 0.5) is 0 Å². The van der Waals surface area contributed by atoms with E-state index in [-0.39, 0.29) is 12.2 Å². The van der Waals surface area contributed by atoms with Crippen molar-refractivity contribution in [2.24, 2.45) is 0 Å². The minimum Gasteiger partial charge on any atom is -0.343 e. The zero-order chi connectivity index (χ0) is 24.5. The first-order chi connectivity index (χ1) is 16.9. The molecule has 4 heteroatoms. The highest BCUT2D eigenvalue weighted by atomic mass is 31.0. The summed E-state index contributed by atoms with van der Waals surface area (Å²) in [6.45, 7) is 4.03. The summed E-state index contributed by atoms with van der Waals surface area (Å²) >= 11 is 0. The summed E-state index contributed by atoms with van der Waals surface area (Å²) in [6.07, 6.45) is -0.601. The molecule has 0 saturated carbocycles. The fourth-order valence-electron chi connectivity index (χ4n) is 5.27. The molecule has 1 saturated heterocycles. The van der Waals surface area contributed by atoms with Crippen LogP contribution in [0.5, 0.6) is 0 Å². The Labute approximate surface area is 213 Å². The lowest BCUT2D eigenvalue weighted by Crippen LogP contribution is -2.50. The van der Waals surface area contributed by atoms with E-state index in [1.54, 1.807) is 0 Å². The molecule has 2 nitrogen and oxygen atoms in total. The SMILES string of the molecule is CC1(C)O[C@@H](C(P)(c2ccccc2)c2ccccc2)[C@H](C(P)(c2ccccc2)c2ccccc2)O1. The second-order valence-electron chi connectivity index (χ2n) is 9.68. The molecule has 4 aromatic carbocycles. The lowest BCUT2D eigenvalue weighted by molar-refractivity contribution is -0.150. The fourth-order valence-corrected chi connectivity index (χ4v) is 6.53. The van der Waals surface area contributed by atoms with Crippen LogP contribution < -0.4 is 0 Å². The van der Waals surface area contributed by atoms with Crippen LogP contribution in [-0.4, -0.2) is 18.0 Å². The molecule has 0 spiro atoms. The van der Waals surface area contributed by atoms with E-state index < -0.39 is 16.1 Å². The summed E-state index contributed by atoms with van der Waals surface area (Å²) in [6, 6.07) is 42.4. The Morgan fingerprint density at radius 3 is 0.943 bits per heavy atom. The molecule has 4 atom stereocenters. The molecule has 5 rings (SSSR count). The van der Waals surface area contributed by atoms with Crippen LogP contribution in [0.2, 0.25) is 0 Å². The van der Waals surface area contributed by atoms with Gasteiger partial charge in [-0.3, -0.25) is 0 Å². The van der Waals surface area contributed by atoms with Crippen molar-refractivity contribution in [1.82, 2.24) is 0 Å². The second kappa shape index (κ2) is 9.61. The van der Waals surface area contributed by atoms with Crippen molar-refractivity contribution < 1.29 is 9.47 Å². The van der Waals surface area contributed by atoms with Gasteiger partial charge in [-0.05, 0) is 36.1 Å². The molecule has 178 valence electrons. The Morgan fingerprint density at radius 1 is 0.486 bits per heavy atom. The maximum atomic E-state index is 6.87. The molecule has 4 aromatic rings. The predicted octanol–water partition coefficient (Wildman–Crippen LogP) is 7.14. The maximum absolute atomic E-state index is 6.87. The van der Waals surface area contributed by atoms with Gasteiger partial charge in [0.05, 0.1) is 10.3 Å². The molecule has 0 amide bonds. The highest BCUT2D eigenvalue weighted by Gasteiger charge is 2.58. The first-order valence-corrected chi connectivity index (χ1v) is 13.2. The topological polar surface area (TPSA) is 18.5 Å². The predicted molar refractivity (Wildman–Crippen MR) is 151 cm³/mol. The molecule has 0 aromatic heterocycles. The molecular weight excluding hydrogens is 466 g/mol. The van der Waals surface area contributed by atoms with Crippen LogP contribution in [0.15, 0.2) is 121 Å².